The first-order chi connectivity index (χ1) is 15.9. The Morgan fingerprint density at radius 3 is 2.09 bits per heavy atom. The summed E-state index contributed by atoms with van der Waals surface area (Å²) in [5.74, 6) is -0.0969. The molecule has 0 radical (unpaired) electrons. The average Bonchev–Trinajstić information content (AvgIpc) is 2.80. The predicted octanol–water partition coefficient (Wildman–Crippen LogP) is 5.35. The van der Waals surface area contributed by atoms with Crippen molar-refractivity contribution in [2.24, 2.45) is 0 Å². The molecule has 3 aromatic carbocycles. The smallest absolute Gasteiger partial charge is 0.434 e. The predicted molar refractivity (Wildman–Crippen MR) is 127 cm³/mol. The molecular formula is C26H26N2O5. The molecule has 7 nitrogen and oxygen atoms in total. The van der Waals surface area contributed by atoms with Crippen molar-refractivity contribution in [3.8, 4) is 5.75 Å². The van der Waals surface area contributed by atoms with Gasteiger partial charge in [-0.3, -0.25) is 9.59 Å². The normalized spacial score (nSPS) is 10.2. The Morgan fingerprint density at radius 2 is 1.45 bits per heavy atom. The molecule has 0 aliphatic rings. The van der Waals surface area contributed by atoms with E-state index in [1.165, 1.54) is 17.7 Å². The summed E-state index contributed by atoms with van der Waals surface area (Å²) in [6.45, 7) is 3.93. The Bertz CT molecular complexity index is 1110. The molecular weight excluding hydrogens is 420 g/mol. The second kappa shape index (κ2) is 11.5. The summed E-state index contributed by atoms with van der Waals surface area (Å²) in [6, 6.07) is 21.0. The van der Waals surface area contributed by atoms with E-state index in [2.05, 4.69) is 10.6 Å². The lowest BCUT2D eigenvalue weighted by molar-refractivity contribution is -0.116. The largest absolute Gasteiger partial charge is 0.513 e. The lowest BCUT2D eigenvalue weighted by atomic mass is 10.0. The maximum absolute atomic E-state index is 12.4. The third kappa shape index (κ3) is 7.21. The first-order valence-electron chi connectivity index (χ1n) is 10.6. The van der Waals surface area contributed by atoms with Crippen molar-refractivity contribution in [3.63, 3.8) is 0 Å². The molecule has 0 unspecified atom stereocenters. The van der Waals surface area contributed by atoms with Gasteiger partial charge in [0, 0.05) is 23.4 Å². The molecule has 0 fully saturated rings. The number of anilines is 2. The van der Waals surface area contributed by atoms with Crippen LogP contribution in [0.5, 0.6) is 5.75 Å². The van der Waals surface area contributed by atoms with Gasteiger partial charge >= 0.3 is 6.16 Å². The molecule has 2 amide bonds. The van der Waals surface area contributed by atoms with Gasteiger partial charge in [0.1, 0.15) is 5.75 Å². The molecule has 0 saturated heterocycles. The zero-order valence-corrected chi connectivity index (χ0v) is 18.6. The molecule has 0 spiro atoms. The Morgan fingerprint density at radius 1 is 0.818 bits per heavy atom. The van der Waals surface area contributed by atoms with E-state index in [1.807, 2.05) is 31.2 Å². The number of ether oxygens (including phenoxy) is 2. The SMILES string of the molecule is CCOC(=O)Oc1ccc(C(=O)Nc2ccc(NC(=O)CCc3ccccc3C)cc2)cc1. The standard InChI is InChI=1S/C26H26N2O5/c1-3-32-26(31)33-23-15-8-20(9-16-23)25(30)28-22-13-11-21(12-14-22)27-24(29)17-10-19-7-5-4-6-18(19)2/h4-9,11-16H,3,10,17H2,1-2H3,(H,27,29)(H,28,30). The van der Waals surface area contributed by atoms with E-state index in [0.717, 1.165) is 5.56 Å². The van der Waals surface area contributed by atoms with Crippen LogP contribution in [0.3, 0.4) is 0 Å². The summed E-state index contributed by atoms with van der Waals surface area (Å²) < 4.78 is 9.68. The first kappa shape index (κ1) is 23.5. The summed E-state index contributed by atoms with van der Waals surface area (Å²) >= 11 is 0. The van der Waals surface area contributed by atoms with Gasteiger partial charge in [0.25, 0.3) is 5.91 Å². The van der Waals surface area contributed by atoms with E-state index in [4.69, 9.17) is 9.47 Å². The number of amides is 2. The van der Waals surface area contributed by atoms with Gasteiger partial charge in [-0.2, -0.15) is 0 Å². The minimum absolute atomic E-state index is 0.0693. The Labute approximate surface area is 192 Å². The summed E-state index contributed by atoms with van der Waals surface area (Å²) in [5, 5.41) is 5.66. The quantitative estimate of drug-likeness (QED) is 0.359. The molecule has 0 bridgehead atoms. The van der Waals surface area contributed by atoms with Crippen LogP contribution in [0.15, 0.2) is 72.8 Å². The van der Waals surface area contributed by atoms with Gasteiger partial charge < -0.3 is 20.1 Å². The highest BCUT2D eigenvalue weighted by molar-refractivity contribution is 6.04. The van der Waals surface area contributed by atoms with Crippen molar-refractivity contribution in [2.45, 2.75) is 26.7 Å². The molecule has 33 heavy (non-hydrogen) atoms. The van der Waals surface area contributed by atoms with Gasteiger partial charge in [0.2, 0.25) is 5.91 Å². The van der Waals surface area contributed by atoms with Crippen molar-refractivity contribution >= 4 is 29.3 Å². The summed E-state index contributed by atoms with van der Waals surface area (Å²) in [6.07, 6.45) is 0.271. The lowest BCUT2D eigenvalue weighted by Crippen LogP contribution is -2.14. The molecule has 0 aliphatic heterocycles. The molecule has 0 saturated carbocycles. The molecule has 0 aromatic heterocycles. The molecule has 3 rings (SSSR count). The lowest BCUT2D eigenvalue weighted by Gasteiger charge is -2.09. The number of hydrogen-bond donors (Lipinski definition) is 2. The number of benzene rings is 3. The molecule has 2 N–H and O–H groups in total. The zero-order valence-electron chi connectivity index (χ0n) is 18.6. The second-order valence-electron chi connectivity index (χ2n) is 7.32. The van der Waals surface area contributed by atoms with Crippen LogP contribution < -0.4 is 15.4 Å². The van der Waals surface area contributed by atoms with Crippen LogP contribution in [0.25, 0.3) is 0 Å². The van der Waals surface area contributed by atoms with Gasteiger partial charge in [-0.15, -0.1) is 0 Å². The zero-order chi connectivity index (χ0) is 23.6. The van der Waals surface area contributed by atoms with Gasteiger partial charge in [-0.05, 0) is 79.9 Å². The number of carbonyl (C=O) groups is 3. The van der Waals surface area contributed by atoms with Crippen molar-refractivity contribution in [1.82, 2.24) is 0 Å². The molecule has 0 atom stereocenters. The van der Waals surface area contributed by atoms with Crippen LogP contribution >= 0.6 is 0 Å². The highest BCUT2D eigenvalue weighted by atomic mass is 16.7. The average molecular weight is 447 g/mol. The van der Waals surface area contributed by atoms with Crippen LogP contribution in [0.1, 0.15) is 34.8 Å². The van der Waals surface area contributed by atoms with E-state index in [9.17, 15) is 14.4 Å². The maximum Gasteiger partial charge on any atom is 0.513 e. The minimum Gasteiger partial charge on any atom is -0.434 e. The van der Waals surface area contributed by atoms with Gasteiger partial charge in [0.15, 0.2) is 0 Å². The fourth-order valence-corrected chi connectivity index (χ4v) is 3.12. The molecule has 0 aliphatic carbocycles. The van der Waals surface area contributed by atoms with E-state index in [1.54, 1.807) is 43.3 Å². The van der Waals surface area contributed by atoms with Crippen molar-refractivity contribution in [1.29, 1.82) is 0 Å². The van der Waals surface area contributed by atoms with Crippen molar-refractivity contribution < 1.29 is 23.9 Å². The number of hydrogen-bond acceptors (Lipinski definition) is 5. The van der Waals surface area contributed by atoms with Crippen LogP contribution in [-0.2, 0) is 16.0 Å². The van der Waals surface area contributed by atoms with Gasteiger partial charge in [-0.1, -0.05) is 24.3 Å². The third-order valence-corrected chi connectivity index (χ3v) is 4.89. The number of aryl methyl sites for hydroxylation is 2. The summed E-state index contributed by atoms with van der Waals surface area (Å²) in [5.41, 5.74) is 3.98. The van der Waals surface area contributed by atoms with E-state index >= 15 is 0 Å². The van der Waals surface area contributed by atoms with E-state index < -0.39 is 6.16 Å². The Balaban J connectivity index is 1.49. The Hall–Kier alpha value is -4.13. The van der Waals surface area contributed by atoms with Crippen molar-refractivity contribution in [2.75, 3.05) is 17.2 Å². The topological polar surface area (TPSA) is 93.7 Å². The third-order valence-electron chi connectivity index (χ3n) is 4.89. The van der Waals surface area contributed by atoms with Crippen LogP contribution in [-0.4, -0.2) is 24.6 Å². The fourth-order valence-electron chi connectivity index (χ4n) is 3.12. The van der Waals surface area contributed by atoms with Gasteiger partial charge in [0.05, 0.1) is 6.61 Å². The highest BCUT2D eigenvalue weighted by Gasteiger charge is 2.10. The maximum atomic E-state index is 12.4. The van der Waals surface area contributed by atoms with Gasteiger partial charge in [-0.25, -0.2) is 4.79 Å². The molecule has 3 aromatic rings. The molecule has 170 valence electrons. The monoisotopic (exact) mass is 446 g/mol. The molecule has 7 heteroatoms. The summed E-state index contributed by atoms with van der Waals surface area (Å²) in [4.78, 5) is 36.0. The number of nitrogens with one attached hydrogen (secondary N) is 2. The van der Waals surface area contributed by atoms with Crippen LogP contribution in [0.4, 0.5) is 16.2 Å². The number of carbonyl (C=O) groups excluding carboxylic acids is 3. The molecule has 0 heterocycles. The first-order valence-corrected chi connectivity index (χ1v) is 10.6. The Kier molecular flexibility index (Phi) is 8.18. The van der Waals surface area contributed by atoms with Crippen LogP contribution in [0, 0.1) is 6.92 Å². The summed E-state index contributed by atoms with van der Waals surface area (Å²) in [7, 11) is 0. The minimum atomic E-state index is -0.794. The fraction of sp³-hybridized carbons (Fsp3) is 0.192. The van der Waals surface area contributed by atoms with Crippen LogP contribution in [0.2, 0.25) is 0 Å². The van der Waals surface area contributed by atoms with E-state index in [0.29, 0.717) is 29.8 Å². The second-order valence-corrected chi connectivity index (χ2v) is 7.32. The highest BCUT2D eigenvalue weighted by Crippen LogP contribution is 2.18. The number of rotatable bonds is 8. The van der Waals surface area contributed by atoms with Crippen molar-refractivity contribution in [3.05, 3.63) is 89.5 Å². The van der Waals surface area contributed by atoms with E-state index in [-0.39, 0.29) is 24.2 Å².